The maximum atomic E-state index is 13.6. The Morgan fingerprint density at radius 3 is 2.50 bits per heavy atom. The van der Waals surface area contributed by atoms with Crippen LogP contribution in [0.5, 0.6) is 0 Å². The van der Waals surface area contributed by atoms with Gasteiger partial charge < -0.3 is 10.0 Å². The zero-order valence-electron chi connectivity index (χ0n) is 13.0. The van der Waals surface area contributed by atoms with E-state index in [2.05, 4.69) is 25.7 Å². The largest absolute Gasteiger partial charge is 0.388 e. The molecule has 0 fully saturated rings. The molecule has 0 saturated heterocycles. The van der Waals surface area contributed by atoms with E-state index in [9.17, 15) is 9.50 Å². The quantitative estimate of drug-likeness (QED) is 0.735. The monoisotopic (exact) mass is 281 g/mol. The molecule has 2 nitrogen and oxygen atoms in total. The molecule has 1 N–H and O–H groups in total. The van der Waals surface area contributed by atoms with E-state index >= 15 is 0 Å². The van der Waals surface area contributed by atoms with Gasteiger partial charge in [-0.2, -0.15) is 0 Å². The molecule has 1 rings (SSSR count). The Morgan fingerprint density at radius 1 is 1.20 bits per heavy atom. The number of benzene rings is 1. The zero-order chi connectivity index (χ0) is 15.0. The third kappa shape index (κ3) is 5.22. The second-order valence-corrected chi connectivity index (χ2v) is 5.47. The van der Waals surface area contributed by atoms with E-state index in [1.54, 1.807) is 18.2 Å². The molecule has 0 radical (unpaired) electrons. The van der Waals surface area contributed by atoms with Crippen LogP contribution in [0.3, 0.4) is 0 Å². The first kappa shape index (κ1) is 17.1. The van der Waals surface area contributed by atoms with Crippen LogP contribution >= 0.6 is 0 Å². The van der Waals surface area contributed by atoms with E-state index in [0.29, 0.717) is 18.0 Å². The summed E-state index contributed by atoms with van der Waals surface area (Å²) in [5.74, 6) is -0.316. The Hall–Kier alpha value is -0.930. The molecule has 114 valence electrons. The fourth-order valence-electron chi connectivity index (χ4n) is 2.36. The van der Waals surface area contributed by atoms with Crippen LogP contribution in [0, 0.1) is 5.82 Å². The summed E-state index contributed by atoms with van der Waals surface area (Å²) in [6, 6.07) is 7.00. The summed E-state index contributed by atoms with van der Waals surface area (Å²) in [6.07, 6.45) is 3.29. The van der Waals surface area contributed by atoms with Gasteiger partial charge in [0.1, 0.15) is 5.82 Å². The number of aliphatic hydroxyl groups excluding tert-OH is 1. The molecule has 0 saturated carbocycles. The van der Waals surface area contributed by atoms with Crippen molar-refractivity contribution in [3.05, 3.63) is 35.6 Å². The number of nitrogens with zero attached hydrogens (tertiary/aromatic N) is 1. The van der Waals surface area contributed by atoms with Crippen molar-refractivity contribution in [1.29, 1.82) is 0 Å². The van der Waals surface area contributed by atoms with E-state index in [-0.39, 0.29) is 5.82 Å². The van der Waals surface area contributed by atoms with Crippen LogP contribution < -0.4 is 0 Å². The Bertz CT molecular complexity index is 383. The summed E-state index contributed by atoms with van der Waals surface area (Å²) in [5.41, 5.74) is 0.409. The molecule has 0 bridgehead atoms. The zero-order valence-corrected chi connectivity index (χ0v) is 13.0. The molecule has 2 unspecified atom stereocenters. The number of rotatable bonds is 9. The van der Waals surface area contributed by atoms with Crippen molar-refractivity contribution in [2.75, 3.05) is 13.1 Å². The molecular weight excluding hydrogens is 253 g/mol. The van der Waals surface area contributed by atoms with Crippen molar-refractivity contribution in [2.45, 2.75) is 58.6 Å². The third-order valence-electron chi connectivity index (χ3n) is 3.97. The lowest BCUT2D eigenvalue weighted by molar-refractivity contribution is 0.122. The minimum absolute atomic E-state index is 0.316. The first-order valence-electron chi connectivity index (χ1n) is 7.76. The number of hydrogen-bond donors (Lipinski definition) is 1. The first-order valence-corrected chi connectivity index (χ1v) is 7.76. The molecule has 3 heteroatoms. The van der Waals surface area contributed by atoms with E-state index in [1.807, 2.05) is 0 Å². The number of hydrogen-bond acceptors (Lipinski definition) is 2. The van der Waals surface area contributed by atoms with Crippen molar-refractivity contribution in [3.8, 4) is 0 Å². The van der Waals surface area contributed by atoms with Gasteiger partial charge >= 0.3 is 0 Å². The van der Waals surface area contributed by atoms with Crippen LogP contribution in [0.2, 0.25) is 0 Å². The lowest BCUT2D eigenvalue weighted by atomic mass is 10.0. The van der Waals surface area contributed by atoms with Gasteiger partial charge in [0.2, 0.25) is 0 Å². The topological polar surface area (TPSA) is 23.5 Å². The molecule has 0 aromatic heterocycles. The highest BCUT2D eigenvalue weighted by atomic mass is 19.1. The summed E-state index contributed by atoms with van der Waals surface area (Å²) < 4.78 is 13.6. The molecule has 0 spiro atoms. The van der Waals surface area contributed by atoms with Crippen LogP contribution in [0.25, 0.3) is 0 Å². The lowest BCUT2D eigenvalue weighted by Crippen LogP contribution is -2.35. The van der Waals surface area contributed by atoms with Gasteiger partial charge in [0.05, 0.1) is 6.10 Å². The Kier molecular flexibility index (Phi) is 7.78. The Labute approximate surface area is 122 Å². The van der Waals surface area contributed by atoms with Gasteiger partial charge in [0, 0.05) is 18.2 Å². The van der Waals surface area contributed by atoms with Crippen molar-refractivity contribution in [1.82, 2.24) is 4.90 Å². The molecule has 2 atom stereocenters. The Balaban J connectivity index is 2.55. The van der Waals surface area contributed by atoms with Crippen LogP contribution in [0.4, 0.5) is 4.39 Å². The maximum Gasteiger partial charge on any atom is 0.128 e. The number of halogens is 1. The molecule has 1 aromatic rings. The normalized spacial score (nSPS) is 14.5. The molecule has 0 amide bonds. The lowest BCUT2D eigenvalue weighted by Gasteiger charge is -2.29. The number of aliphatic hydroxyl groups is 1. The number of unbranched alkanes of at least 4 members (excludes halogenated alkanes) is 1. The van der Waals surface area contributed by atoms with Gasteiger partial charge in [-0.25, -0.2) is 4.39 Å². The van der Waals surface area contributed by atoms with Crippen molar-refractivity contribution in [2.24, 2.45) is 0 Å². The van der Waals surface area contributed by atoms with Crippen molar-refractivity contribution < 1.29 is 9.50 Å². The van der Waals surface area contributed by atoms with Gasteiger partial charge in [0.15, 0.2) is 0 Å². The van der Waals surface area contributed by atoms with Gasteiger partial charge in [-0.1, -0.05) is 38.5 Å². The Morgan fingerprint density at radius 2 is 1.90 bits per heavy atom. The van der Waals surface area contributed by atoms with Crippen molar-refractivity contribution in [3.63, 3.8) is 0 Å². The van der Waals surface area contributed by atoms with Crippen LogP contribution in [0.15, 0.2) is 24.3 Å². The summed E-state index contributed by atoms with van der Waals surface area (Å²) in [7, 11) is 0. The van der Waals surface area contributed by atoms with E-state index < -0.39 is 6.10 Å². The van der Waals surface area contributed by atoms with Crippen LogP contribution in [-0.2, 0) is 0 Å². The summed E-state index contributed by atoms with van der Waals surface area (Å²) in [6.45, 7) is 8.44. The second kappa shape index (κ2) is 9.09. The highest BCUT2D eigenvalue weighted by molar-refractivity contribution is 5.19. The average Bonchev–Trinajstić information content (AvgIpc) is 2.46. The molecule has 0 aliphatic heterocycles. The van der Waals surface area contributed by atoms with Gasteiger partial charge in [-0.05, 0) is 38.8 Å². The highest BCUT2D eigenvalue weighted by Crippen LogP contribution is 2.20. The molecule has 1 aromatic carbocycles. The fourth-order valence-corrected chi connectivity index (χ4v) is 2.36. The summed E-state index contributed by atoms with van der Waals surface area (Å²) in [5, 5.41) is 10.2. The highest BCUT2D eigenvalue weighted by Gasteiger charge is 2.16. The van der Waals surface area contributed by atoms with E-state index in [0.717, 1.165) is 19.5 Å². The van der Waals surface area contributed by atoms with Crippen molar-refractivity contribution >= 4 is 0 Å². The first-order chi connectivity index (χ1) is 9.60. The fraction of sp³-hybridized carbons (Fsp3) is 0.647. The maximum absolute atomic E-state index is 13.6. The molecule has 0 aliphatic rings. The van der Waals surface area contributed by atoms with Gasteiger partial charge in [0.25, 0.3) is 0 Å². The summed E-state index contributed by atoms with van der Waals surface area (Å²) >= 11 is 0. The van der Waals surface area contributed by atoms with Crippen LogP contribution in [0.1, 0.15) is 58.1 Å². The molecule has 0 heterocycles. The smallest absolute Gasteiger partial charge is 0.128 e. The minimum atomic E-state index is -0.718. The standard InChI is InChI=1S/C17H28FNO/c1-4-6-12-19(14(3)5-2)13-11-17(20)15-9-7-8-10-16(15)18/h7-10,14,17,20H,4-6,11-13H2,1-3H3. The van der Waals surface area contributed by atoms with E-state index in [4.69, 9.17) is 0 Å². The second-order valence-electron chi connectivity index (χ2n) is 5.47. The molecule has 0 aliphatic carbocycles. The summed E-state index contributed by atoms with van der Waals surface area (Å²) in [4.78, 5) is 2.40. The average molecular weight is 281 g/mol. The molecular formula is C17H28FNO. The van der Waals surface area contributed by atoms with Crippen LogP contribution in [-0.4, -0.2) is 29.1 Å². The SMILES string of the molecule is CCCCN(CCC(O)c1ccccc1F)C(C)CC. The predicted molar refractivity (Wildman–Crippen MR) is 82.2 cm³/mol. The van der Waals surface area contributed by atoms with Gasteiger partial charge in [-0.15, -0.1) is 0 Å². The van der Waals surface area contributed by atoms with Gasteiger partial charge in [-0.3, -0.25) is 0 Å². The predicted octanol–water partition coefficient (Wildman–Crippen LogP) is 4.15. The molecule has 20 heavy (non-hydrogen) atoms. The minimum Gasteiger partial charge on any atom is -0.388 e. The third-order valence-corrected chi connectivity index (χ3v) is 3.97. The van der Waals surface area contributed by atoms with E-state index in [1.165, 1.54) is 18.9 Å².